The van der Waals surface area contributed by atoms with Crippen LogP contribution in [0.2, 0.25) is 0 Å². The molecule has 0 spiro atoms. The molecule has 2 unspecified atom stereocenters. The van der Waals surface area contributed by atoms with Gasteiger partial charge in [-0.2, -0.15) is 0 Å². The Kier molecular flexibility index (Phi) is 6.10. The number of nitrogens with one attached hydrogen (secondary N) is 1. The van der Waals surface area contributed by atoms with Crippen LogP contribution >= 0.6 is 0 Å². The Hall–Kier alpha value is -1.71. The number of nitrogens with zero attached hydrogens (tertiary/aromatic N) is 1. The van der Waals surface area contributed by atoms with E-state index in [1.807, 2.05) is 38.2 Å². The summed E-state index contributed by atoms with van der Waals surface area (Å²) in [6, 6.07) is 8.29. The highest BCUT2D eigenvalue weighted by atomic mass is 16.5. The van der Waals surface area contributed by atoms with Gasteiger partial charge in [-0.15, -0.1) is 0 Å². The first-order chi connectivity index (χ1) is 10.6. The molecule has 122 valence electrons. The third-order valence-electron chi connectivity index (χ3n) is 4.48. The van der Waals surface area contributed by atoms with Crippen molar-refractivity contribution in [3.05, 3.63) is 29.8 Å². The maximum absolute atomic E-state index is 12.2. The van der Waals surface area contributed by atoms with E-state index in [0.29, 0.717) is 25.1 Å². The van der Waals surface area contributed by atoms with Gasteiger partial charge in [0.15, 0.2) is 0 Å². The molecule has 1 saturated carbocycles. The van der Waals surface area contributed by atoms with Gasteiger partial charge in [-0.1, -0.05) is 37.5 Å². The van der Waals surface area contributed by atoms with E-state index in [-0.39, 0.29) is 6.03 Å². The van der Waals surface area contributed by atoms with Crippen LogP contribution in [-0.2, 0) is 0 Å². The van der Waals surface area contributed by atoms with Crippen molar-refractivity contribution in [3.63, 3.8) is 0 Å². The van der Waals surface area contributed by atoms with Gasteiger partial charge in [0.2, 0.25) is 0 Å². The zero-order valence-electron chi connectivity index (χ0n) is 14.0. The van der Waals surface area contributed by atoms with Crippen LogP contribution in [0.15, 0.2) is 24.3 Å². The predicted molar refractivity (Wildman–Crippen MR) is 89.3 cm³/mol. The van der Waals surface area contributed by atoms with Gasteiger partial charge in [-0.05, 0) is 37.8 Å². The van der Waals surface area contributed by atoms with E-state index in [1.165, 1.54) is 24.8 Å². The average molecular weight is 304 g/mol. The Bertz CT molecular complexity index is 472. The molecule has 2 amide bonds. The fourth-order valence-electron chi connectivity index (χ4n) is 2.84. The first-order valence-electron chi connectivity index (χ1n) is 8.27. The predicted octanol–water partition coefficient (Wildman–Crippen LogP) is 3.59. The van der Waals surface area contributed by atoms with Crippen molar-refractivity contribution in [2.75, 3.05) is 20.2 Å². The summed E-state index contributed by atoms with van der Waals surface area (Å²) in [7, 11) is 1.82. The molecule has 0 radical (unpaired) electrons. The van der Waals surface area contributed by atoms with E-state index in [9.17, 15) is 4.79 Å². The lowest BCUT2D eigenvalue weighted by Crippen LogP contribution is -2.47. The Labute approximate surface area is 133 Å². The average Bonchev–Trinajstić information content (AvgIpc) is 2.51. The summed E-state index contributed by atoms with van der Waals surface area (Å²) in [5, 5.41) is 3.16. The van der Waals surface area contributed by atoms with Gasteiger partial charge in [0, 0.05) is 13.1 Å². The number of benzene rings is 1. The van der Waals surface area contributed by atoms with Crippen molar-refractivity contribution in [2.24, 2.45) is 5.92 Å². The van der Waals surface area contributed by atoms with Gasteiger partial charge in [0.25, 0.3) is 0 Å². The van der Waals surface area contributed by atoms with Crippen molar-refractivity contribution >= 4 is 6.03 Å². The molecule has 4 heteroatoms. The first-order valence-corrected chi connectivity index (χ1v) is 8.27. The van der Waals surface area contributed by atoms with Crippen molar-refractivity contribution in [3.8, 4) is 5.75 Å². The molecule has 0 heterocycles. The minimum atomic E-state index is 0.00579. The van der Waals surface area contributed by atoms with Crippen molar-refractivity contribution < 1.29 is 9.53 Å². The summed E-state index contributed by atoms with van der Waals surface area (Å²) >= 11 is 0. The second kappa shape index (κ2) is 8.06. The highest BCUT2D eigenvalue weighted by molar-refractivity contribution is 5.74. The molecule has 0 aliphatic heterocycles. The molecule has 1 aromatic rings. The molecule has 1 aliphatic rings. The molecule has 1 aromatic carbocycles. The number of amides is 2. The van der Waals surface area contributed by atoms with Gasteiger partial charge in [0.05, 0.1) is 6.54 Å². The fourth-order valence-corrected chi connectivity index (χ4v) is 2.84. The van der Waals surface area contributed by atoms with Crippen LogP contribution in [0.3, 0.4) is 0 Å². The third-order valence-corrected chi connectivity index (χ3v) is 4.48. The summed E-state index contributed by atoms with van der Waals surface area (Å²) < 4.78 is 5.67. The number of carbonyl (C=O) groups is 1. The number of carbonyl (C=O) groups excluding carboxylic acids is 1. The van der Waals surface area contributed by atoms with Crippen LogP contribution in [0.1, 0.15) is 38.2 Å². The normalized spacial score (nSPS) is 21.2. The second-order valence-corrected chi connectivity index (χ2v) is 6.40. The van der Waals surface area contributed by atoms with Crippen LogP contribution in [0.25, 0.3) is 0 Å². The zero-order chi connectivity index (χ0) is 15.9. The fraction of sp³-hybridized carbons (Fsp3) is 0.611. The van der Waals surface area contributed by atoms with Crippen LogP contribution in [0, 0.1) is 12.8 Å². The first kappa shape index (κ1) is 16.7. The lowest BCUT2D eigenvalue weighted by Gasteiger charge is -2.31. The number of aryl methyl sites for hydroxylation is 1. The van der Waals surface area contributed by atoms with Crippen LogP contribution in [0.5, 0.6) is 5.75 Å². The summed E-state index contributed by atoms with van der Waals surface area (Å²) in [5.74, 6) is 1.43. The number of likely N-dealkylation sites (N-methyl/N-ethyl adjacent to an activating group) is 1. The minimum Gasteiger partial charge on any atom is -0.492 e. The van der Waals surface area contributed by atoms with E-state index in [0.717, 1.165) is 12.2 Å². The maximum Gasteiger partial charge on any atom is 0.317 e. The lowest BCUT2D eigenvalue weighted by atomic mass is 9.86. The Morgan fingerprint density at radius 3 is 2.64 bits per heavy atom. The van der Waals surface area contributed by atoms with E-state index in [1.54, 1.807) is 4.90 Å². The molecule has 1 aliphatic carbocycles. The van der Waals surface area contributed by atoms with E-state index in [4.69, 9.17) is 4.74 Å². The molecule has 2 rings (SSSR count). The summed E-state index contributed by atoms with van der Waals surface area (Å²) in [6.07, 6.45) is 4.81. The van der Waals surface area contributed by atoms with Crippen molar-refractivity contribution in [1.82, 2.24) is 10.2 Å². The molecular weight excluding hydrogens is 276 g/mol. The molecular formula is C18H28N2O2. The van der Waals surface area contributed by atoms with E-state index in [2.05, 4.69) is 12.2 Å². The monoisotopic (exact) mass is 304 g/mol. The molecule has 0 bridgehead atoms. The van der Waals surface area contributed by atoms with Crippen LogP contribution in [0.4, 0.5) is 4.79 Å². The number of hydrogen-bond donors (Lipinski definition) is 1. The number of urea groups is 1. The van der Waals surface area contributed by atoms with Crippen molar-refractivity contribution in [1.29, 1.82) is 0 Å². The van der Waals surface area contributed by atoms with Crippen LogP contribution < -0.4 is 10.1 Å². The molecule has 4 nitrogen and oxygen atoms in total. The Morgan fingerprint density at radius 1 is 1.27 bits per heavy atom. The van der Waals surface area contributed by atoms with E-state index >= 15 is 0 Å². The quantitative estimate of drug-likeness (QED) is 0.903. The summed E-state index contributed by atoms with van der Waals surface area (Å²) in [4.78, 5) is 13.9. The maximum atomic E-state index is 12.2. The number of rotatable bonds is 5. The topological polar surface area (TPSA) is 41.6 Å². The third kappa shape index (κ3) is 4.93. The molecule has 1 fully saturated rings. The van der Waals surface area contributed by atoms with Gasteiger partial charge in [-0.3, -0.25) is 0 Å². The molecule has 22 heavy (non-hydrogen) atoms. The standard InChI is InChI=1S/C18H28N2O2/c1-14-8-10-16(11-9-14)22-13-12-20(3)18(21)19-17-7-5-4-6-15(17)2/h8-11,15,17H,4-7,12-13H2,1-3H3,(H,19,21). The van der Waals surface area contributed by atoms with Gasteiger partial charge in [-0.25, -0.2) is 4.79 Å². The molecule has 2 atom stereocenters. The largest absolute Gasteiger partial charge is 0.492 e. The van der Waals surface area contributed by atoms with Gasteiger partial charge in [0.1, 0.15) is 12.4 Å². The summed E-state index contributed by atoms with van der Waals surface area (Å²) in [5.41, 5.74) is 1.21. The smallest absolute Gasteiger partial charge is 0.317 e. The SMILES string of the molecule is Cc1ccc(OCCN(C)C(=O)NC2CCCCC2C)cc1. The van der Waals surface area contributed by atoms with Crippen molar-refractivity contribution in [2.45, 2.75) is 45.6 Å². The zero-order valence-corrected chi connectivity index (χ0v) is 14.0. The molecule has 1 N–H and O–H groups in total. The Morgan fingerprint density at radius 2 is 1.95 bits per heavy atom. The van der Waals surface area contributed by atoms with E-state index < -0.39 is 0 Å². The van der Waals surface area contributed by atoms with Gasteiger partial charge < -0.3 is 15.0 Å². The molecule has 0 saturated heterocycles. The highest BCUT2D eigenvalue weighted by Crippen LogP contribution is 2.23. The lowest BCUT2D eigenvalue weighted by molar-refractivity contribution is 0.181. The van der Waals surface area contributed by atoms with Crippen LogP contribution in [-0.4, -0.2) is 37.2 Å². The minimum absolute atomic E-state index is 0.00579. The second-order valence-electron chi connectivity index (χ2n) is 6.40. The van der Waals surface area contributed by atoms with Gasteiger partial charge >= 0.3 is 6.03 Å². The highest BCUT2D eigenvalue weighted by Gasteiger charge is 2.23. The molecule has 0 aromatic heterocycles. The number of hydrogen-bond acceptors (Lipinski definition) is 2. The number of ether oxygens (including phenoxy) is 1. The summed E-state index contributed by atoms with van der Waals surface area (Å²) in [6.45, 7) is 5.37. The Balaban J connectivity index is 1.70.